The van der Waals surface area contributed by atoms with Crippen LogP contribution in [-0.2, 0) is 4.74 Å². The summed E-state index contributed by atoms with van der Waals surface area (Å²) < 4.78 is 5.34. The molecule has 6 nitrogen and oxygen atoms in total. The summed E-state index contributed by atoms with van der Waals surface area (Å²) in [6.07, 6.45) is 3.44. The number of nitrogens with one attached hydrogen (secondary N) is 1. The molecule has 0 saturated heterocycles. The van der Waals surface area contributed by atoms with E-state index in [0.29, 0.717) is 23.5 Å². The Morgan fingerprint density at radius 1 is 1.31 bits per heavy atom. The van der Waals surface area contributed by atoms with Crippen molar-refractivity contribution in [2.75, 3.05) is 11.5 Å². The number of anilines is 2. The topological polar surface area (TPSA) is 103 Å². The van der Waals surface area contributed by atoms with Gasteiger partial charge in [0, 0.05) is 23.1 Å². The third-order valence-electron chi connectivity index (χ3n) is 3.62. The van der Waals surface area contributed by atoms with Crippen LogP contribution in [0.3, 0.4) is 0 Å². The van der Waals surface area contributed by atoms with Crippen molar-refractivity contribution in [1.29, 1.82) is 0 Å². The Labute approximate surface area is 154 Å². The van der Waals surface area contributed by atoms with Crippen molar-refractivity contribution in [3.05, 3.63) is 54.9 Å². The monoisotopic (exact) mass is 354 g/mol. The molecule has 2 rings (SSSR count). The van der Waals surface area contributed by atoms with Gasteiger partial charge in [0.2, 0.25) is 0 Å². The zero-order valence-corrected chi connectivity index (χ0v) is 15.5. The molecular formula is C20H26N4O2. The van der Waals surface area contributed by atoms with Crippen LogP contribution in [-0.4, -0.2) is 16.7 Å². The van der Waals surface area contributed by atoms with Gasteiger partial charge in [-0.3, -0.25) is 4.98 Å². The van der Waals surface area contributed by atoms with E-state index >= 15 is 0 Å². The van der Waals surface area contributed by atoms with Crippen LogP contribution in [0.1, 0.15) is 38.9 Å². The van der Waals surface area contributed by atoms with Gasteiger partial charge in [-0.1, -0.05) is 12.1 Å². The summed E-state index contributed by atoms with van der Waals surface area (Å²) in [6, 6.07) is 8.80. The number of nitrogen functional groups attached to an aromatic ring is 2. The maximum absolute atomic E-state index is 12.1. The molecule has 1 unspecified atom stereocenters. The van der Waals surface area contributed by atoms with E-state index in [4.69, 9.17) is 16.2 Å². The average molecular weight is 354 g/mol. The van der Waals surface area contributed by atoms with E-state index in [1.54, 1.807) is 24.4 Å². The molecule has 0 spiro atoms. The highest BCUT2D eigenvalue weighted by atomic mass is 16.6. The Morgan fingerprint density at radius 3 is 2.65 bits per heavy atom. The Bertz CT molecular complexity index is 797. The second kappa shape index (κ2) is 7.91. The van der Waals surface area contributed by atoms with Crippen LogP contribution in [0.5, 0.6) is 0 Å². The standard InChI is InChI=1S/C20H26N4O2/c1-5-6-17(24-19(25)26-20(2,3)4)18-11-13(9-10-23-18)15-8-7-14(21)12-16(15)22/h5,7-12,17H,1,6,21-22H2,2-4H3,(H,24,25). The zero-order valence-electron chi connectivity index (χ0n) is 15.5. The minimum atomic E-state index is -0.573. The average Bonchev–Trinajstić information content (AvgIpc) is 2.53. The molecule has 1 heterocycles. The van der Waals surface area contributed by atoms with E-state index in [1.165, 1.54) is 0 Å². The maximum Gasteiger partial charge on any atom is 0.408 e. The summed E-state index contributed by atoms with van der Waals surface area (Å²) in [5.41, 5.74) is 14.9. The molecule has 1 aromatic carbocycles. The predicted molar refractivity (Wildman–Crippen MR) is 105 cm³/mol. The minimum absolute atomic E-state index is 0.350. The second-order valence-electron chi connectivity index (χ2n) is 7.04. The number of ether oxygens (including phenoxy) is 1. The highest BCUT2D eigenvalue weighted by molar-refractivity contribution is 5.79. The summed E-state index contributed by atoms with van der Waals surface area (Å²) in [7, 11) is 0. The van der Waals surface area contributed by atoms with Gasteiger partial charge >= 0.3 is 6.09 Å². The molecule has 1 amide bonds. The number of rotatable bonds is 5. The first kappa shape index (κ1) is 19.3. The number of pyridine rings is 1. The first-order valence-electron chi connectivity index (χ1n) is 8.41. The summed E-state index contributed by atoms with van der Waals surface area (Å²) in [6.45, 7) is 9.21. The third kappa shape index (κ3) is 5.24. The molecule has 0 aliphatic carbocycles. The van der Waals surface area contributed by atoms with Gasteiger partial charge in [0.25, 0.3) is 0 Å². The maximum atomic E-state index is 12.1. The number of hydrogen-bond acceptors (Lipinski definition) is 5. The quantitative estimate of drug-likeness (QED) is 0.555. The van der Waals surface area contributed by atoms with Gasteiger partial charge in [-0.05, 0) is 57.0 Å². The van der Waals surface area contributed by atoms with Crippen molar-refractivity contribution in [3.8, 4) is 11.1 Å². The van der Waals surface area contributed by atoms with Crippen LogP contribution in [0.25, 0.3) is 11.1 Å². The Balaban J connectivity index is 2.29. The molecule has 0 aliphatic heterocycles. The molecular weight excluding hydrogens is 328 g/mol. The van der Waals surface area contributed by atoms with Gasteiger partial charge in [0.1, 0.15) is 5.60 Å². The van der Waals surface area contributed by atoms with Crippen LogP contribution in [0.2, 0.25) is 0 Å². The molecule has 2 aromatic rings. The Morgan fingerprint density at radius 2 is 2.04 bits per heavy atom. The lowest BCUT2D eigenvalue weighted by molar-refractivity contribution is 0.0503. The lowest BCUT2D eigenvalue weighted by Gasteiger charge is -2.23. The van der Waals surface area contributed by atoms with E-state index < -0.39 is 11.7 Å². The van der Waals surface area contributed by atoms with Gasteiger partial charge in [-0.15, -0.1) is 6.58 Å². The predicted octanol–water partition coefficient (Wildman–Crippen LogP) is 4.05. The molecule has 0 bridgehead atoms. The smallest absolute Gasteiger partial charge is 0.408 e. The fraction of sp³-hybridized carbons (Fsp3) is 0.300. The first-order valence-corrected chi connectivity index (χ1v) is 8.41. The molecule has 1 aromatic heterocycles. The van der Waals surface area contributed by atoms with Crippen LogP contribution >= 0.6 is 0 Å². The Hall–Kier alpha value is -3.02. The molecule has 6 heteroatoms. The number of hydrogen-bond donors (Lipinski definition) is 3. The SMILES string of the molecule is C=CCC(NC(=O)OC(C)(C)C)c1cc(-c2ccc(N)cc2N)ccn1. The van der Waals surface area contributed by atoms with Crippen molar-refractivity contribution < 1.29 is 9.53 Å². The number of amides is 1. The van der Waals surface area contributed by atoms with E-state index in [2.05, 4.69) is 16.9 Å². The first-order chi connectivity index (χ1) is 12.2. The van der Waals surface area contributed by atoms with Crippen LogP contribution in [0, 0.1) is 0 Å². The fourth-order valence-electron chi connectivity index (χ4n) is 2.52. The van der Waals surface area contributed by atoms with Crippen LogP contribution < -0.4 is 16.8 Å². The number of carbonyl (C=O) groups excluding carboxylic acids is 1. The van der Waals surface area contributed by atoms with Gasteiger partial charge < -0.3 is 21.5 Å². The molecule has 0 radical (unpaired) electrons. The van der Waals surface area contributed by atoms with Gasteiger partial charge in [-0.2, -0.15) is 0 Å². The normalized spacial score (nSPS) is 12.3. The number of carbonyl (C=O) groups is 1. The number of nitrogens with zero attached hydrogens (tertiary/aromatic N) is 1. The fourth-order valence-corrected chi connectivity index (χ4v) is 2.52. The molecule has 138 valence electrons. The van der Waals surface area contributed by atoms with Crippen molar-refractivity contribution in [2.24, 2.45) is 0 Å². The molecule has 0 fully saturated rings. The van der Waals surface area contributed by atoms with Crippen LogP contribution in [0.15, 0.2) is 49.2 Å². The second-order valence-corrected chi connectivity index (χ2v) is 7.04. The molecule has 1 atom stereocenters. The van der Waals surface area contributed by atoms with Crippen molar-refractivity contribution in [3.63, 3.8) is 0 Å². The van der Waals surface area contributed by atoms with Gasteiger partial charge in [0.15, 0.2) is 0 Å². The Kier molecular flexibility index (Phi) is 5.87. The minimum Gasteiger partial charge on any atom is -0.444 e. The highest BCUT2D eigenvalue weighted by Crippen LogP contribution is 2.29. The zero-order chi connectivity index (χ0) is 19.3. The summed E-state index contributed by atoms with van der Waals surface area (Å²) in [4.78, 5) is 16.5. The van der Waals surface area contributed by atoms with E-state index in [9.17, 15) is 4.79 Å². The molecule has 0 saturated carbocycles. The number of alkyl carbamates (subject to hydrolysis) is 1. The highest BCUT2D eigenvalue weighted by Gasteiger charge is 2.21. The van der Waals surface area contributed by atoms with Crippen LogP contribution in [0.4, 0.5) is 16.2 Å². The van der Waals surface area contributed by atoms with Gasteiger partial charge in [-0.25, -0.2) is 4.79 Å². The van der Waals surface area contributed by atoms with E-state index in [0.717, 1.165) is 11.1 Å². The van der Waals surface area contributed by atoms with E-state index in [1.807, 2.05) is 39.0 Å². The lowest BCUT2D eigenvalue weighted by Crippen LogP contribution is -2.35. The largest absolute Gasteiger partial charge is 0.444 e. The van der Waals surface area contributed by atoms with Crippen molar-refractivity contribution in [1.82, 2.24) is 10.3 Å². The third-order valence-corrected chi connectivity index (χ3v) is 3.62. The molecule has 5 N–H and O–H groups in total. The van der Waals surface area contributed by atoms with Crippen molar-refractivity contribution in [2.45, 2.75) is 38.8 Å². The number of benzene rings is 1. The number of aromatic nitrogens is 1. The summed E-state index contributed by atoms with van der Waals surface area (Å²) in [5.74, 6) is 0. The number of nitrogens with two attached hydrogens (primary N) is 2. The molecule has 26 heavy (non-hydrogen) atoms. The summed E-state index contributed by atoms with van der Waals surface area (Å²) in [5, 5.41) is 2.85. The molecule has 0 aliphatic rings. The van der Waals surface area contributed by atoms with Gasteiger partial charge in [0.05, 0.1) is 11.7 Å². The summed E-state index contributed by atoms with van der Waals surface area (Å²) >= 11 is 0. The van der Waals surface area contributed by atoms with Crippen molar-refractivity contribution >= 4 is 17.5 Å². The van der Waals surface area contributed by atoms with E-state index in [-0.39, 0.29) is 6.04 Å². The lowest BCUT2D eigenvalue weighted by atomic mass is 10.0.